The Morgan fingerprint density at radius 3 is 2.46 bits per heavy atom. The van der Waals surface area contributed by atoms with E-state index in [9.17, 15) is 14.4 Å². The van der Waals surface area contributed by atoms with E-state index >= 15 is 0 Å². The summed E-state index contributed by atoms with van der Waals surface area (Å²) in [6.07, 6.45) is 5.44. The van der Waals surface area contributed by atoms with Crippen LogP contribution in [-0.4, -0.2) is 42.7 Å². The first-order chi connectivity index (χ1) is 18.0. The second-order valence-corrected chi connectivity index (χ2v) is 9.62. The number of methoxy groups -OCH3 is 1. The van der Waals surface area contributed by atoms with Crippen LogP contribution in [0.25, 0.3) is 10.4 Å². The second-order valence-electron chi connectivity index (χ2n) is 8.50. The fourth-order valence-corrected chi connectivity index (χ4v) is 4.57. The third-order valence-electron chi connectivity index (χ3n) is 5.67. The molecular formula is C28H33N3O5S. The number of unbranched alkanes of at least 4 members (excludes halogenated alkanes) is 3. The highest BCUT2D eigenvalue weighted by molar-refractivity contribution is 7.15. The van der Waals surface area contributed by atoms with Crippen molar-refractivity contribution >= 4 is 29.3 Å². The minimum atomic E-state index is -0.824. The Labute approximate surface area is 221 Å². The predicted molar refractivity (Wildman–Crippen MR) is 143 cm³/mol. The fraction of sp³-hybridized carbons (Fsp3) is 0.357. The first-order valence-electron chi connectivity index (χ1n) is 12.4. The molecule has 196 valence electrons. The van der Waals surface area contributed by atoms with Gasteiger partial charge in [0.25, 0.3) is 0 Å². The number of ether oxygens (including phenoxy) is 2. The molecule has 3 rings (SSSR count). The predicted octanol–water partition coefficient (Wildman–Crippen LogP) is 5.13. The molecule has 1 atom stereocenters. The van der Waals surface area contributed by atoms with Gasteiger partial charge in [0.2, 0.25) is 5.91 Å². The van der Waals surface area contributed by atoms with Crippen LogP contribution in [0, 0.1) is 0 Å². The zero-order valence-corrected chi connectivity index (χ0v) is 22.0. The number of hydrogen-bond acceptors (Lipinski definition) is 7. The number of amides is 2. The number of thiazole rings is 1. The molecule has 8 nitrogen and oxygen atoms in total. The van der Waals surface area contributed by atoms with Gasteiger partial charge in [-0.25, -0.2) is 14.6 Å². The standard InChI is InChI=1S/C28H33N3O5S/c1-3-4-5-9-16-29-26(32)23(31-28(34)36-19-20-10-7-6-8-11-20)17-25-30-18-24(37-25)21-12-14-22(15-13-21)27(33)35-2/h6-8,10-15,18,23H,3-5,9,16-17,19H2,1-2H3,(H,29,32)(H,31,34). The molecule has 0 fully saturated rings. The van der Waals surface area contributed by atoms with Crippen LogP contribution in [0.5, 0.6) is 0 Å². The van der Waals surface area contributed by atoms with E-state index in [0.29, 0.717) is 17.1 Å². The highest BCUT2D eigenvalue weighted by Gasteiger charge is 2.23. The summed E-state index contributed by atoms with van der Waals surface area (Å²) in [6.45, 7) is 2.79. The Bertz CT molecular complexity index is 1150. The van der Waals surface area contributed by atoms with Crippen molar-refractivity contribution < 1.29 is 23.9 Å². The molecule has 0 aliphatic rings. The first kappa shape index (κ1) is 27.9. The third-order valence-corrected chi connectivity index (χ3v) is 6.74. The van der Waals surface area contributed by atoms with E-state index in [-0.39, 0.29) is 18.9 Å². The summed E-state index contributed by atoms with van der Waals surface area (Å²) in [7, 11) is 1.34. The molecule has 0 spiro atoms. The van der Waals surface area contributed by atoms with Gasteiger partial charge in [0.1, 0.15) is 12.6 Å². The van der Waals surface area contributed by atoms with Crippen molar-refractivity contribution in [1.82, 2.24) is 15.6 Å². The van der Waals surface area contributed by atoms with Gasteiger partial charge in [-0.15, -0.1) is 11.3 Å². The molecule has 9 heteroatoms. The minimum Gasteiger partial charge on any atom is -0.465 e. The average Bonchev–Trinajstić information content (AvgIpc) is 3.40. The summed E-state index contributed by atoms with van der Waals surface area (Å²) in [5.41, 5.74) is 2.21. The molecule has 0 radical (unpaired) electrons. The molecular weight excluding hydrogens is 490 g/mol. The van der Waals surface area contributed by atoms with Crippen molar-refractivity contribution in [2.75, 3.05) is 13.7 Å². The van der Waals surface area contributed by atoms with E-state index in [1.165, 1.54) is 18.4 Å². The Balaban J connectivity index is 1.64. The van der Waals surface area contributed by atoms with Crippen molar-refractivity contribution in [2.45, 2.75) is 51.7 Å². The largest absolute Gasteiger partial charge is 0.465 e. The molecule has 0 saturated heterocycles. The van der Waals surface area contributed by atoms with E-state index in [1.807, 2.05) is 42.5 Å². The van der Waals surface area contributed by atoms with E-state index in [2.05, 4.69) is 22.5 Å². The fourth-order valence-electron chi connectivity index (χ4n) is 3.60. The minimum absolute atomic E-state index is 0.112. The molecule has 0 aliphatic heterocycles. The van der Waals surface area contributed by atoms with Crippen molar-refractivity contribution in [3.63, 3.8) is 0 Å². The SMILES string of the molecule is CCCCCCNC(=O)C(Cc1ncc(-c2ccc(C(=O)OC)cc2)s1)NC(=O)OCc1ccccc1. The lowest BCUT2D eigenvalue weighted by Crippen LogP contribution is -2.48. The Morgan fingerprint density at radius 1 is 1.00 bits per heavy atom. The van der Waals surface area contributed by atoms with Crippen LogP contribution in [-0.2, 0) is 27.3 Å². The van der Waals surface area contributed by atoms with Crippen LogP contribution in [0.15, 0.2) is 60.8 Å². The van der Waals surface area contributed by atoms with Crippen LogP contribution in [0.4, 0.5) is 4.79 Å². The molecule has 0 saturated carbocycles. The molecule has 2 aromatic carbocycles. The quantitative estimate of drug-likeness (QED) is 0.238. The number of nitrogens with zero attached hydrogens (tertiary/aromatic N) is 1. The topological polar surface area (TPSA) is 107 Å². The van der Waals surface area contributed by atoms with Crippen molar-refractivity contribution in [1.29, 1.82) is 0 Å². The average molecular weight is 524 g/mol. The van der Waals surface area contributed by atoms with Gasteiger partial charge in [0.15, 0.2) is 0 Å². The molecule has 1 aromatic heterocycles. The number of carbonyl (C=O) groups is 3. The van der Waals surface area contributed by atoms with Gasteiger partial charge in [-0.3, -0.25) is 4.79 Å². The van der Waals surface area contributed by atoms with Crippen LogP contribution in [0.2, 0.25) is 0 Å². The smallest absolute Gasteiger partial charge is 0.408 e. The van der Waals surface area contributed by atoms with Crippen molar-refractivity contribution in [2.24, 2.45) is 0 Å². The molecule has 0 aliphatic carbocycles. The third kappa shape index (κ3) is 9.02. The first-order valence-corrected chi connectivity index (χ1v) is 13.2. The molecule has 2 amide bonds. The molecule has 2 N–H and O–H groups in total. The van der Waals surface area contributed by atoms with Gasteiger partial charge < -0.3 is 20.1 Å². The summed E-state index contributed by atoms with van der Waals surface area (Å²) < 4.78 is 10.1. The molecule has 1 unspecified atom stereocenters. The normalized spacial score (nSPS) is 11.4. The molecule has 37 heavy (non-hydrogen) atoms. The maximum atomic E-state index is 12.9. The van der Waals surface area contributed by atoms with Gasteiger partial charge in [0, 0.05) is 19.2 Å². The number of rotatable bonds is 13. The van der Waals surface area contributed by atoms with Crippen LogP contribution >= 0.6 is 11.3 Å². The molecule has 1 heterocycles. The Morgan fingerprint density at radius 2 is 1.76 bits per heavy atom. The van der Waals surface area contributed by atoms with E-state index < -0.39 is 18.1 Å². The van der Waals surface area contributed by atoms with Crippen molar-refractivity contribution in [3.8, 4) is 10.4 Å². The number of benzene rings is 2. The number of hydrogen-bond donors (Lipinski definition) is 2. The van der Waals surface area contributed by atoms with Gasteiger partial charge in [-0.2, -0.15) is 0 Å². The number of carbonyl (C=O) groups excluding carboxylic acids is 3. The highest BCUT2D eigenvalue weighted by Crippen LogP contribution is 2.27. The van der Waals surface area contributed by atoms with Gasteiger partial charge >= 0.3 is 12.1 Å². The lowest BCUT2D eigenvalue weighted by molar-refractivity contribution is -0.123. The van der Waals surface area contributed by atoms with Crippen LogP contribution in [0.3, 0.4) is 0 Å². The van der Waals surface area contributed by atoms with Crippen LogP contribution in [0.1, 0.15) is 53.5 Å². The summed E-state index contributed by atoms with van der Waals surface area (Å²) in [5, 5.41) is 6.33. The van der Waals surface area contributed by atoms with Crippen molar-refractivity contribution in [3.05, 3.63) is 76.9 Å². The van der Waals surface area contributed by atoms with Crippen LogP contribution < -0.4 is 10.6 Å². The number of esters is 1. The van der Waals surface area contributed by atoms with E-state index in [0.717, 1.165) is 41.7 Å². The van der Waals surface area contributed by atoms with Gasteiger partial charge in [-0.1, -0.05) is 68.7 Å². The zero-order chi connectivity index (χ0) is 26.5. The lowest BCUT2D eigenvalue weighted by Gasteiger charge is -2.17. The van der Waals surface area contributed by atoms with E-state index in [1.54, 1.807) is 18.3 Å². The monoisotopic (exact) mass is 523 g/mol. The number of alkyl carbamates (subject to hydrolysis) is 1. The summed E-state index contributed by atoms with van der Waals surface area (Å²) in [4.78, 5) is 42.5. The van der Waals surface area contributed by atoms with Gasteiger partial charge in [0.05, 0.1) is 22.6 Å². The van der Waals surface area contributed by atoms with Gasteiger partial charge in [-0.05, 0) is 29.7 Å². The summed E-state index contributed by atoms with van der Waals surface area (Å²) >= 11 is 1.42. The highest BCUT2D eigenvalue weighted by atomic mass is 32.1. The molecule has 0 bridgehead atoms. The Kier molecular flexibility index (Phi) is 11.1. The summed E-state index contributed by atoms with van der Waals surface area (Å²) in [6, 6.07) is 15.6. The van der Waals surface area contributed by atoms with E-state index in [4.69, 9.17) is 9.47 Å². The summed E-state index contributed by atoms with van der Waals surface area (Å²) in [5.74, 6) is -0.669. The molecule has 3 aromatic rings. The maximum absolute atomic E-state index is 12.9. The lowest BCUT2D eigenvalue weighted by atomic mass is 10.1. The number of aromatic nitrogens is 1. The number of nitrogens with one attached hydrogen (secondary N) is 2. The Hall–Kier alpha value is -3.72. The zero-order valence-electron chi connectivity index (χ0n) is 21.2. The maximum Gasteiger partial charge on any atom is 0.408 e. The second kappa shape index (κ2) is 14.7.